The number of rotatable bonds is 5. The van der Waals surface area contributed by atoms with Crippen LogP contribution in [0.3, 0.4) is 0 Å². The van der Waals surface area contributed by atoms with Crippen LogP contribution in [0.25, 0.3) is 0 Å². The van der Waals surface area contributed by atoms with Crippen molar-refractivity contribution in [1.29, 1.82) is 0 Å². The maximum Gasteiger partial charge on any atom is 0.274 e. The lowest BCUT2D eigenvalue weighted by molar-refractivity contribution is 0.406. The normalized spacial score (nSPS) is 11.8. The van der Waals surface area contributed by atoms with E-state index in [1.165, 1.54) is 18.4 Å². The van der Waals surface area contributed by atoms with Crippen LogP contribution in [0.2, 0.25) is 0 Å². The van der Waals surface area contributed by atoms with Crippen LogP contribution in [-0.4, -0.2) is 13.6 Å². The molecule has 8 heteroatoms. The fourth-order valence-corrected chi connectivity index (χ4v) is 2.13. The zero-order valence-corrected chi connectivity index (χ0v) is 9.61. The second kappa shape index (κ2) is 4.70. The summed E-state index contributed by atoms with van der Waals surface area (Å²) in [4.78, 5) is 0. The largest absolute Gasteiger partial charge is 0.447 e. The molecule has 0 aliphatic carbocycles. The maximum absolute atomic E-state index is 11.8. The lowest BCUT2D eigenvalue weighted by atomic mass is 10.5. The van der Waals surface area contributed by atoms with Crippen molar-refractivity contribution in [2.45, 2.75) is 18.2 Å². The molecule has 0 aliphatic heterocycles. The Bertz CT molecular complexity index is 573. The molecule has 2 rings (SSSR count). The average Bonchev–Trinajstić information content (AvgIpc) is 2.98. The summed E-state index contributed by atoms with van der Waals surface area (Å²) >= 11 is 0. The molecule has 7 nitrogen and oxygen atoms in total. The van der Waals surface area contributed by atoms with Gasteiger partial charge in [-0.2, -0.15) is 0 Å². The second-order valence-corrected chi connectivity index (χ2v) is 4.94. The van der Waals surface area contributed by atoms with Gasteiger partial charge in [0.05, 0.1) is 18.8 Å². The Labute approximate surface area is 97.6 Å². The highest BCUT2D eigenvalue weighted by Crippen LogP contribution is 2.13. The smallest absolute Gasteiger partial charge is 0.274 e. The highest BCUT2D eigenvalue weighted by molar-refractivity contribution is 7.89. The first kappa shape index (κ1) is 11.8. The number of nitrogens with one attached hydrogen (secondary N) is 1. The molecule has 0 unspecified atom stereocenters. The summed E-state index contributed by atoms with van der Waals surface area (Å²) in [6.45, 7) is 0.191. The van der Waals surface area contributed by atoms with Gasteiger partial charge in [0.2, 0.25) is 5.09 Å². The lowest BCUT2D eigenvalue weighted by Crippen LogP contribution is -2.22. The minimum absolute atomic E-state index is 0.0392. The van der Waals surface area contributed by atoms with Crippen molar-refractivity contribution >= 4 is 10.0 Å². The van der Waals surface area contributed by atoms with Crippen LogP contribution >= 0.6 is 0 Å². The minimum Gasteiger partial charge on any atom is -0.447 e. The number of aromatic nitrogens is 1. The van der Waals surface area contributed by atoms with E-state index in [1.54, 1.807) is 6.07 Å². The van der Waals surface area contributed by atoms with Gasteiger partial charge >= 0.3 is 0 Å². The number of sulfonamides is 1. The number of furan rings is 1. The molecule has 2 heterocycles. The first-order valence-electron chi connectivity index (χ1n) is 4.79. The van der Waals surface area contributed by atoms with E-state index in [4.69, 9.17) is 10.2 Å². The molecule has 0 fully saturated rings. The van der Waals surface area contributed by atoms with Crippen LogP contribution in [0.5, 0.6) is 0 Å². The molecule has 0 bridgehead atoms. The summed E-state index contributed by atoms with van der Waals surface area (Å²) in [6.07, 6.45) is 1.36. The van der Waals surface area contributed by atoms with E-state index in [0.717, 1.165) is 0 Å². The van der Waals surface area contributed by atoms with Gasteiger partial charge in [-0.15, -0.1) is 0 Å². The Morgan fingerprint density at radius 2 is 2.18 bits per heavy atom. The van der Waals surface area contributed by atoms with Crippen LogP contribution in [0, 0.1) is 0 Å². The molecule has 0 aromatic carbocycles. The molecule has 0 saturated carbocycles. The van der Waals surface area contributed by atoms with E-state index >= 15 is 0 Å². The van der Waals surface area contributed by atoms with E-state index < -0.39 is 10.0 Å². The van der Waals surface area contributed by atoms with Crippen molar-refractivity contribution in [2.75, 3.05) is 0 Å². The predicted molar refractivity (Wildman–Crippen MR) is 57.1 cm³/mol. The van der Waals surface area contributed by atoms with Gasteiger partial charge in [-0.1, -0.05) is 5.16 Å². The van der Waals surface area contributed by atoms with E-state index in [9.17, 15) is 8.42 Å². The molecule has 2 aromatic heterocycles. The van der Waals surface area contributed by atoms with Crippen molar-refractivity contribution < 1.29 is 17.4 Å². The van der Waals surface area contributed by atoms with Gasteiger partial charge in [-0.3, -0.25) is 0 Å². The third-order valence-electron chi connectivity index (χ3n) is 2.04. The van der Waals surface area contributed by atoms with Crippen LogP contribution in [0.15, 0.2) is 38.5 Å². The van der Waals surface area contributed by atoms with Gasteiger partial charge in [0.15, 0.2) is 0 Å². The molecule has 0 atom stereocenters. The van der Waals surface area contributed by atoms with Gasteiger partial charge in [-0.25, -0.2) is 13.1 Å². The standard InChI is InChI=1S/C9H11N3O4S/c10-5-8-1-2-9(16-8)17(13,14)11-6-7-3-4-15-12-7/h1-4,11H,5-6,10H2. The Balaban J connectivity index is 2.08. The second-order valence-electron chi connectivity index (χ2n) is 3.24. The summed E-state index contributed by atoms with van der Waals surface area (Å²) in [7, 11) is -3.68. The molecule has 0 aliphatic rings. The maximum atomic E-state index is 11.8. The van der Waals surface area contributed by atoms with Crippen molar-refractivity contribution in [1.82, 2.24) is 9.88 Å². The zero-order chi connectivity index (χ0) is 12.3. The molecule has 0 amide bonds. The van der Waals surface area contributed by atoms with Crippen molar-refractivity contribution in [3.05, 3.63) is 35.9 Å². The van der Waals surface area contributed by atoms with Gasteiger partial charge in [0, 0.05) is 6.07 Å². The Morgan fingerprint density at radius 1 is 1.35 bits per heavy atom. The Hall–Kier alpha value is -1.64. The first-order valence-corrected chi connectivity index (χ1v) is 6.28. The van der Waals surface area contributed by atoms with Crippen LogP contribution < -0.4 is 10.5 Å². The number of hydrogen-bond donors (Lipinski definition) is 2. The average molecular weight is 257 g/mol. The van der Waals surface area contributed by atoms with Gasteiger partial charge in [0.1, 0.15) is 12.0 Å². The van der Waals surface area contributed by atoms with Crippen LogP contribution in [-0.2, 0) is 23.1 Å². The highest BCUT2D eigenvalue weighted by atomic mass is 32.2. The molecular weight excluding hydrogens is 246 g/mol. The molecule has 0 radical (unpaired) electrons. The molecular formula is C9H11N3O4S. The lowest BCUT2D eigenvalue weighted by Gasteiger charge is -2.01. The molecule has 92 valence electrons. The van der Waals surface area contributed by atoms with E-state index in [2.05, 4.69) is 14.4 Å². The summed E-state index contributed by atoms with van der Waals surface area (Å²) in [5.41, 5.74) is 5.81. The topological polar surface area (TPSA) is 111 Å². The fraction of sp³-hybridized carbons (Fsp3) is 0.222. The Kier molecular flexibility index (Phi) is 3.27. The summed E-state index contributed by atoms with van der Waals surface area (Å²) in [6, 6.07) is 4.44. The molecule has 2 aromatic rings. The third kappa shape index (κ3) is 2.73. The van der Waals surface area contributed by atoms with Gasteiger partial charge < -0.3 is 14.7 Å². The number of nitrogens with two attached hydrogens (primary N) is 1. The molecule has 0 spiro atoms. The van der Waals surface area contributed by atoms with E-state index in [-0.39, 0.29) is 18.2 Å². The minimum atomic E-state index is -3.68. The van der Waals surface area contributed by atoms with E-state index in [1.807, 2.05) is 0 Å². The predicted octanol–water partition coefficient (Wildman–Crippen LogP) is 0.205. The van der Waals surface area contributed by atoms with Crippen LogP contribution in [0.4, 0.5) is 0 Å². The van der Waals surface area contributed by atoms with Crippen molar-refractivity contribution in [3.8, 4) is 0 Å². The fourth-order valence-electron chi connectivity index (χ4n) is 1.18. The van der Waals surface area contributed by atoms with Gasteiger partial charge in [0.25, 0.3) is 10.0 Å². The molecule has 0 saturated heterocycles. The third-order valence-corrected chi connectivity index (χ3v) is 3.31. The summed E-state index contributed by atoms with van der Waals surface area (Å²) < 4.78 is 35.5. The highest BCUT2D eigenvalue weighted by Gasteiger charge is 2.18. The number of nitrogens with zero attached hydrogens (tertiary/aromatic N) is 1. The first-order chi connectivity index (χ1) is 8.12. The van der Waals surface area contributed by atoms with Gasteiger partial charge in [-0.05, 0) is 12.1 Å². The summed E-state index contributed by atoms with van der Waals surface area (Å²) in [5, 5.41) is 3.42. The van der Waals surface area contributed by atoms with Crippen molar-refractivity contribution in [2.24, 2.45) is 5.73 Å². The zero-order valence-electron chi connectivity index (χ0n) is 8.79. The molecule has 17 heavy (non-hydrogen) atoms. The summed E-state index contributed by atoms with van der Waals surface area (Å²) in [5.74, 6) is 0.409. The van der Waals surface area contributed by atoms with E-state index in [0.29, 0.717) is 11.5 Å². The SMILES string of the molecule is NCc1ccc(S(=O)(=O)NCc2ccon2)o1. The number of hydrogen-bond acceptors (Lipinski definition) is 6. The quantitative estimate of drug-likeness (QED) is 0.791. The van der Waals surface area contributed by atoms with Crippen molar-refractivity contribution in [3.63, 3.8) is 0 Å². The van der Waals surface area contributed by atoms with Crippen LogP contribution in [0.1, 0.15) is 11.5 Å². The Morgan fingerprint density at radius 3 is 2.76 bits per heavy atom. The monoisotopic (exact) mass is 257 g/mol. The molecule has 3 N–H and O–H groups in total.